The van der Waals surface area contributed by atoms with Gasteiger partial charge < -0.3 is 10.6 Å². The van der Waals surface area contributed by atoms with Crippen molar-refractivity contribution in [2.75, 3.05) is 18.0 Å². The maximum absolute atomic E-state index is 6.40. The Balaban J connectivity index is 1.75. The average molecular weight is 216 g/mol. The van der Waals surface area contributed by atoms with Gasteiger partial charge in [-0.25, -0.2) is 0 Å². The van der Waals surface area contributed by atoms with E-state index < -0.39 is 0 Å². The summed E-state index contributed by atoms with van der Waals surface area (Å²) in [5, 5.41) is 0. The third-order valence-corrected chi connectivity index (χ3v) is 4.24. The highest BCUT2D eigenvalue weighted by atomic mass is 15.2. The minimum absolute atomic E-state index is 0.103. The number of anilines is 1. The monoisotopic (exact) mass is 216 g/mol. The molecule has 0 spiro atoms. The molecule has 0 aromatic heterocycles. The number of hydrogen-bond acceptors (Lipinski definition) is 2. The molecule has 1 heterocycles. The number of fused-ring (bicyclic) bond motifs is 1. The van der Waals surface area contributed by atoms with Gasteiger partial charge in [0, 0.05) is 24.3 Å². The van der Waals surface area contributed by atoms with E-state index in [0.29, 0.717) is 0 Å². The molecule has 0 bridgehead atoms. The lowest BCUT2D eigenvalue weighted by Crippen LogP contribution is -2.40. The molecular formula is C14H20N2. The first-order chi connectivity index (χ1) is 7.73. The summed E-state index contributed by atoms with van der Waals surface area (Å²) in [6.07, 6.45) is 3.62. The summed E-state index contributed by atoms with van der Waals surface area (Å²) < 4.78 is 0. The number of hydrogen-bond donors (Lipinski definition) is 1. The Hall–Kier alpha value is -1.02. The van der Waals surface area contributed by atoms with Crippen molar-refractivity contribution in [3.05, 3.63) is 29.8 Å². The Morgan fingerprint density at radius 3 is 3.00 bits per heavy atom. The van der Waals surface area contributed by atoms with Gasteiger partial charge in [0.05, 0.1) is 0 Å². The van der Waals surface area contributed by atoms with Gasteiger partial charge in [-0.1, -0.05) is 31.5 Å². The fourth-order valence-corrected chi connectivity index (χ4v) is 3.07. The van der Waals surface area contributed by atoms with Crippen LogP contribution in [-0.4, -0.2) is 18.6 Å². The topological polar surface area (TPSA) is 29.3 Å². The molecule has 0 saturated heterocycles. The van der Waals surface area contributed by atoms with Crippen LogP contribution in [-0.2, 0) is 6.42 Å². The van der Waals surface area contributed by atoms with Crippen molar-refractivity contribution < 1.29 is 0 Å². The van der Waals surface area contributed by atoms with E-state index >= 15 is 0 Å². The second kappa shape index (κ2) is 3.49. The lowest BCUT2D eigenvalue weighted by atomic mass is 10.1. The van der Waals surface area contributed by atoms with Crippen molar-refractivity contribution in [2.24, 2.45) is 11.7 Å². The molecular weight excluding hydrogens is 196 g/mol. The minimum Gasteiger partial charge on any atom is -0.369 e. The van der Waals surface area contributed by atoms with Crippen molar-refractivity contribution in [1.82, 2.24) is 0 Å². The van der Waals surface area contributed by atoms with Gasteiger partial charge in [0.2, 0.25) is 0 Å². The molecule has 2 atom stereocenters. The zero-order valence-corrected chi connectivity index (χ0v) is 9.95. The Labute approximate surface area is 97.4 Å². The summed E-state index contributed by atoms with van der Waals surface area (Å²) in [5.74, 6) is 0.750. The van der Waals surface area contributed by atoms with Crippen LogP contribution < -0.4 is 10.6 Å². The number of benzene rings is 1. The van der Waals surface area contributed by atoms with E-state index in [9.17, 15) is 0 Å². The Kier molecular flexibility index (Phi) is 2.21. The summed E-state index contributed by atoms with van der Waals surface area (Å²) in [7, 11) is 0. The number of para-hydroxylation sites is 1. The number of rotatable bonds is 3. The number of nitrogens with two attached hydrogens (primary N) is 1. The van der Waals surface area contributed by atoms with Gasteiger partial charge in [-0.2, -0.15) is 0 Å². The summed E-state index contributed by atoms with van der Waals surface area (Å²) in [6, 6.07) is 8.73. The van der Waals surface area contributed by atoms with E-state index in [-0.39, 0.29) is 5.54 Å². The molecule has 1 aliphatic heterocycles. The second-order valence-electron chi connectivity index (χ2n) is 5.34. The van der Waals surface area contributed by atoms with E-state index in [1.54, 1.807) is 0 Å². The first kappa shape index (κ1) is 10.2. The van der Waals surface area contributed by atoms with Crippen molar-refractivity contribution in [1.29, 1.82) is 0 Å². The number of nitrogens with zero attached hydrogens (tertiary/aromatic N) is 1. The van der Waals surface area contributed by atoms with Crippen molar-refractivity contribution >= 4 is 5.69 Å². The molecule has 2 heteroatoms. The van der Waals surface area contributed by atoms with Gasteiger partial charge in [-0.3, -0.25) is 0 Å². The van der Waals surface area contributed by atoms with Crippen molar-refractivity contribution in [3.63, 3.8) is 0 Å². The van der Waals surface area contributed by atoms with Crippen LogP contribution in [0.2, 0.25) is 0 Å². The lowest BCUT2D eigenvalue weighted by molar-refractivity contribution is 0.568. The minimum atomic E-state index is 0.103. The SMILES string of the molecule is CCC1CC1(N)CN1CCc2ccccc21. The zero-order chi connectivity index (χ0) is 11.2. The highest BCUT2D eigenvalue weighted by Gasteiger charge is 2.50. The Morgan fingerprint density at radius 1 is 1.44 bits per heavy atom. The van der Waals surface area contributed by atoms with Crippen LogP contribution in [0.4, 0.5) is 5.69 Å². The standard InChI is InChI=1S/C14H20N2/c1-2-12-9-14(12,15)10-16-8-7-11-5-3-4-6-13(11)16/h3-6,12H,2,7-10,15H2,1H3. The molecule has 3 rings (SSSR count). The van der Waals surface area contributed by atoms with Gasteiger partial charge in [-0.15, -0.1) is 0 Å². The summed E-state index contributed by atoms with van der Waals surface area (Å²) >= 11 is 0. The second-order valence-corrected chi connectivity index (χ2v) is 5.34. The molecule has 2 nitrogen and oxygen atoms in total. The molecule has 2 aliphatic rings. The van der Waals surface area contributed by atoms with Crippen LogP contribution in [0.25, 0.3) is 0 Å². The van der Waals surface area contributed by atoms with Gasteiger partial charge in [0.1, 0.15) is 0 Å². The summed E-state index contributed by atoms with van der Waals surface area (Å²) in [5.41, 5.74) is 9.40. The van der Waals surface area contributed by atoms with E-state index in [0.717, 1.165) is 19.0 Å². The largest absolute Gasteiger partial charge is 0.369 e. The fourth-order valence-electron chi connectivity index (χ4n) is 3.07. The molecule has 2 N–H and O–H groups in total. The highest BCUT2D eigenvalue weighted by Crippen LogP contribution is 2.45. The molecule has 1 saturated carbocycles. The van der Waals surface area contributed by atoms with Crippen LogP contribution >= 0.6 is 0 Å². The average Bonchev–Trinajstić information content (AvgIpc) is 2.78. The molecule has 1 fully saturated rings. The molecule has 1 aliphatic carbocycles. The maximum atomic E-state index is 6.40. The van der Waals surface area contributed by atoms with Crippen LogP contribution in [0, 0.1) is 5.92 Å². The first-order valence-electron chi connectivity index (χ1n) is 6.35. The van der Waals surface area contributed by atoms with Gasteiger partial charge in [0.15, 0.2) is 0 Å². The fraction of sp³-hybridized carbons (Fsp3) is 0.571. The molecule has 1 aromatic carbocycles. The molecule has 16 heavy (non-hydrogen) atoms. The van der Waals surface area contributed by atoms with Crippen LogP contribution in [0.15, 0.2) is 24.3 Å². The van der Waals surface area contributed by atoms with E-state index in [1.807, 2.05) is 0 Å². The maximum Gasteiger partial charge on any atom is 0.0400 e. The highest BCUT2D eigenvalue weighted by molar-refractivity contribution is 5.58. The van der Waals surface area contributed by atoms with Crippen molar-refractivity contribution in [2.45, 2.75) is 31.7 Å². The third kappa shape index (κ3) is 1.52. The van der Waals surface area contributed by atoms with Gasteiger partial charge in [-0.05, 0) is 30.4 Å². The molecule has 2 unspecified atom stereocenters. The van der Waals surface area contributed by atoms with Crippen LogP contribution in [0.5, 0.6) is 0 Å². The van der Waals surface area contributed by atoms with Gasteiger partial charge >= 0.3 is 0 Å². The smallest absolute Gasteiger partial charge is 0.0400 e. The lowest BCUT2D eigenvalue weighted by Gasteiger charge is -2.24. The zero-order valence-electron chi connectivity index (χ0n) is 9.95. The van der Waals surface area contributed by atoms with Crippen molar-refractivity contribution in [3.8, 4) is 0 Å². The van der Waals surface area contributed by atoms with Crippen LogP contribution in [0.1, 0.15) is 25.3 Å². The van der Waals surface area contributed by atoms with E-state index in [4.69, 9.17) is 5.73 Å². The third-order valence-electron chi connectivity index (χ3n) is 4.24. The first-order valence-corrected chi connectivity index (χ1v) is 6.35. The molecule has 0 radical (unpaired) electrons. The summed E-state index contributed by atoms with van der Waals surface area (Å²) in [4.78, 5) is 2.48. The summed E-state index contributed by atoms with van der Waals surface area (Å²) in [6.45, 7) is 4.44. The Bertz CT molecular complexity index is 401. The molecule has 0 amide bonds. The van der Waals surface area contributed by atoms with E-state index in [1.165, 1.54) is 30.5 Å². The molecule has 1 aromatic rings. The van der Waals surface area contributed by atoms with Crippen LogP contribution in [0.3, 0.4) is 0 Å². The molecule has 86 valence electrons. The Morgan fingerprint density at radius 2 is 2.25 bits per heavy atom. The van der Waals surface area contributed by atoms with Gasteiger partial charge in [0.25, 0.3) is 0 Å². The predicted octanol–water partition coefficient (Wildman–Crippen LogP) is 2.18. The van der Waals surface area contributed by atoms with E-state index in [2.05, 4.69) is 36.1 Å². The normalized spacial score (nSPS) is 31.6. The predicted molar refractivity (Wildman–Crippen MR) is 67.7 cm³/mol. The quantitative estimate of drug-likeness (QED) is 0.839.